The monoisotopic (exact) mass is 302 g/mol. The van der Waals surface area contributed by atoms with Crippen LogP contribution in [-0.2, 0) is 0 Å². The van der Waals surface area contributed by atoms with Crippen LogP contribution in [0.5, 0.6) is 0 Å². The van der Waals surface area contributed by atoms with Gasteiger partial charge in [0.15, 0.2) is 0 Å². The van der Waals surface area contributed by atoms with E-state index in [1.165, 1.54) is 31.4 Å². The molecule has 2 aliphatic rings. The van der Waals surface area contributed by atoms with E-state index in [1.807, 2.05) is 19.1 Å². The molecule has 22 heavy (non-hydrogen) atoms. The second-order valence-corrected chi connectivity index (χ2v) is 6.34. The molecule has 1 aromatic rings. The molecular formula is C17H26N4O. The molecule has 120 valence electrons. The molecule has 2 heterocycles. The van der Waals surface area contributed by atoms with Crippen LogP contribution in [0, 0.1) is 6.92 Å². The Morgan fingerprint density at radius 1 is 1.18 bits per heavy atom. The van der Waals surface area contributed by atoms with Gasteiger partial charge in [-0.15, -0.1) is 0 Å². The van der Waals surface area contributed by atoms with Crippen LogP contribution in [0.1, 0.15) is 41.9 Å². The number of hydrogen-bond donors (Lipinski definition) is 1. The van der Waals surface area contributed by atoms with Crippen molar-refractivity contribution in [3.05, 3.63) is 23.5 Å². The second-order valence-electron chi connectivity index (χ2n) is 6.34. The predicted octanol–water partition coefficient (Wildman–Crippen LogP) is 1.81. The molecule has 1 saturated heterocycles. The maximum absolute atomic E-state index is 11.6. The summed E-state index contributed by atoms with van der Waals surface area (Å²) in [5, 5.41) is 2.62. The van der Waals surface area contributed by atoms with Gasteiger partial charge in [0.25, 0.3) is 5.91 Å². The van der Waals surface area contributed by atoms with Crippen molar-refractivity contribution in [2.45, 2.75) is 38.6 Å². The Balaban J connectivity index is 1.64. The van der Waals surface area contributed by atoms with Crippen molar-refractivity contribution in [1.29, 1.82) is 0 Å². The van der Waals surface area contributed by atoms with E-state index in [0.717, 1.165) is 37.9 Å². The summed E-state index contributed by atoms with van der Waals surface area (Å²) in [6.07, 6.45) is 5.55. The third-order valence-corrected chi connectivity index (χ3v) is 5.01. The highest BCUT2D eigenvalue weighted by atomic mass is 16.1. The minimum atomic E-state index is -0.124. The minimum absolute atomic E-state index is 0.124. The Hall–Kier alpha value is -1.62. The van der Waals surface area contributed by atoms with Gasteiger partial charge in [-0.1, -0.05) is 12.8 Å². The van der Waals surface area contributed by atoms with Gasteiger partial charge < -0.3 is 10.2 Å². The van der Waals surface area contributed by atoms with Crippen LogP contribution in [-0.4, -0.2) is 55.1 Å². The fourth-order valence-electron chi connectivity index (χ4n) is 3.74. The number of rotatable bonds is 3. The first-order chi connectivity index (χ1) is 10.7. The Labute approximate surface area is 132 Å². The molecule has 1 aromatic heterocycles. The summed E-state index contributed by atoms with van der Waals surface area (Å²) in [6, 6.07) is 4.68. The number of aromatic nitrogens is 1. The highest BCUT2D eigenvalue weighted by Gasteiger charge is 2.26. The first kappa shape index (κ1) is 15.3. The van der Waals surface area contributed by atoms with Gasteiger partial charge >= 0.3 is 0 Å². The predicted molar refractivity (Wildman–Crippen MR) is 88.4 cm³/mol. The minimum Gasteiger partial charge on any atom is -0.368 e. The molecule has 5 nitrogen and oxygen atoms in total. The fraction of sp³-hybridized carbons (Fsp3) is 0.647. The summed E-state index contributed by atoms with van der Waals surface area (Å²) in [6.45, 7) is 6.38. The van der Waals surface area contributed by atoms with Gasteiger partial charge in [-0.3, -0.25) is 9.69 Å². The summed E-state index contributed by atoms with van der Waals surface area (Å²) >= 11 is 0. The maximum atomic E-state index is 11.6. The third-order valence-electron chi connectivity index (χ3n) is 5.01. The number of anilines is 1. The quantitative estimate of drug-likeness (QED) is 0.925. The molecule has 1 amide bonds. The molecule has 0 atom stereocenters. The van der Waals surface area contributed by atoms with Crippen LogP contribution in [0.3, 0.4) is 0 Å². The van der Waals surface area contributed by atoms with Crippen LogP contribution >= 0.6 is 0 Å². The first-order valence-electron chi connectivity index (χ1n) is 8.38. The number of carbonyl (C=O) groups is 1. The van der Waals surface area contributed by atoms with Crippen molar-refractivity contribution in [3.8, 4) is 0 Å². The van der Waals surface area contributed by atoms with Crippen LogP contribution in [0.15, 0.2) is 12.1 Å². The SMILES string of the molecule is CNC(=O)c1ccc(N2CCN(C3CCCC3)CC2)c(C)n1. The average Bonchev–Trinajstić information content (AvgIpc) is 3.08. The van der Waals surface area contributed by atoms with E-state index in [1.54, 1.807) is 7.05 Å². The van der Waals surface area contributed by atoms with E-state index < -0.39 is 0 Å². The van der Waals surface area contributed by atoms with Crippen molar-refractivity contribution >= 4 is 11.6 Å². The number of aryl methyl sites for hydroxylation is 1. The lowest BCUT2D eigenvalue weighted by Gasteiger charge is -2.39. The van der Waals surface area contributed by atoms with Crippen molar-refractivity contribution in [2.75, 3.05) is 38.1 Å². The summed E-state index contributed by atoms with van der Waals surface area (Å²) in [5.74, 6) is -0.124. The molecule has 0 radical (unpaired) electrons. The third kappa shape index (κ3) is 3.09. The molecule has 1 aliphatic carbocycles. The van der Waals surface area contributed by atoms with Gasteiger partial charge in [0, 0.05) is 39.3 Å². The molecule has 1 aliphatic heterocycles. The van der Waals surface area contributed by atoms with E-state index in [9.17, 15) is 4.79 Å². The maximum Gasteiger partial charge on any atom is 0.269 e. The molecule has 3 rings (SSSR count). The Bertz CT molecular complexity index is 531. The van der Waals surface area contributed by atoms with Gasteiger partial charge in [0.1, 0.15) is 5.69 Å². The van der Waals surface area contributed by atoms with Crippen molar-refractivity contribution in [1.82, 2.24) is 15.2 Å². The summed E-state index contributed by atoms with van der Waals surface area (Å²) < 4.78 is 0. The number of carbonyl (C=O) groups excluding carboxylic acids is 1. The van der Waals surface area contributed by atoms with Crippen molar-refractivity contribution in [2.24, 2.45) is 0 Å². The zero-order valence-electron chi connectivity index (χ0n) is 13.6. The number of nitrogens with zero attached hydrogens (tertiary/aromatic N) is 3. The van der Waals surface area contributed by atoms with Gasteiger partial charge in [-0.25, -0.2) is 4.98 Å². The number of hydrogen-bond acceptors (Lipinski definition) is 4. The lowest BCUT2D eigenvalue weighted by atomic mass is 10.1. The molecule has 1 saturated carbocycles. The molecule has 5 heteroatoms. The zero-order chi connectivity index (χ0) is 15.5. The van der Waals surface area contributed by atoms with Crippen LogP contribution in [0.4, 0.5) is 5.69 Å². The van der Waals surface area contributed by atoms with Crippen LogP contribution in [0.25, 0.3) is 0 Å². The van der Waals surface area contributed by atoms with E-state index in [0.29, 0.717) is 5.69 Å². The molecule has 0 unspecified atom stereocenters. The zero-order valence-corrected chi connectivity index (χ0v) is 13.6. The highest BCUT2D eigenvalue weighted by molar-refractivity contribution is 5.92. The first-order valence-corrected chi connectivity index (χ1v) is 8.38. The average molecular weight is 302 g/mol. The van der Waals surface area contributed by atoms with E-state index in [2.05, 4.69) is 20.1 Å². The molecule has 0 aromatic carbocycles. The topological polar surface area (TPSA) is 48.5 Å². The van der Waals surface area contributed by atoms with E-state index in [-0.39, 0.29) is 5.91 Å². The molecular weight excluding hydrogens is 276 g/mol. The number of amides is 1. The smallest absolute Gasteiger partial charge is 0.269 e. The number of pyridine rings is 1. The fourth-order valence-corrected chi connectivity index (χ4v) is 3.74. The Morgan fingerprint density at radius 2 is 1.86 bits per heavy atom. The molecule has 0 bridgehead atoms. The largest absolute Gasteiger partial charge is 0.368 e. The van der Waals surface area contributed by atoms with Gasteiger partial charge in [-0.2, -0.15) is 0 Å². The van der Waals surface area contributed by atoms with E-state index in [4.69, 9.17) is 0 Å². The highest BCUT2D eigenvalue weighted by Crippen LogP contribution is 2.26. The van der Waals surface area contributed by atoms with Crippen molar-refractivity contribution in [3.63, 3.8) is 0 Å². The lowest BCUT2D eigenvalue weighted by molar-refractivity contribution is 0.0958. The number of piperazine rings is 1. The molecule has 1 N–H and O–H groups in total. The van der Waals surface area contributed by atoms with Crippen LogP contribution in [0.2, 0.25) is 0 Å². The standard InChI is InChI=1S/C17H26N4O/c1-13-16(8-7-15(19-13)17(22)18-2)21-11-9-20(10-12-21)14-5-3-4-6-14/h7-8,14H,3-6,9-12H2,1-2H3,(H,18,22). The van der Waals surface area contributed by atoms with Gasteiger partial charge in [-0.05, 0) is 31.9 Å². The molecule has 2 fully saturated rings. The summed E-state index contributed by atoms with van der Waals surface area (Å²) in [4.78, 5) is 21.2. The van der Waals surface area contributed by atoms with Crippen molar-refractivity contribution < 1.29 is 4.79 Å². The number of nitrogens with one attached hydrogen (secondary N) is 1. The van der Waals surface area contributed by atoms with Gasteiger partial charge in [0.2, 0.25) is 0 Å². The Morgan fingerprint density at radius 3 is 2.45 bits per heavy atom. The second kappa shape index (κ2) is 6.65. The van der Waals surface area contributed by atoms with Gasteiger partial charge in [0.05, 0.1) is 11.4 Å². The normalized spacial score (nSPS) is 20.4. The Kier molecular flexibility index (Phi) is 4.62. The lowest BCUT2D eigenvalue weighted by Crippen LogP contribution is -2.50. The summed E-state index contributed by atoms with van der Waals surface area (Å²) in [5.41, 5.74) is 2.60. The van der Waals surface area contributed by atoms with Crippen LogP contribution < -0.4 is 10.2 Å². The molecule has 0 spiro atoms. The van der Waals surface area contributed by atoms with E-state index >= 15 is 0 Å². The summed E-state index contributed by atoms with van der Waals surface area (Å²) in [7, 11) is 1.63.